The van der Waals surface area contributed by atoms with Gasteiger partial charge in [-0.05, 0) is 42.9 Å². The number of nitrogens with two attached hydrogens (primary N) is 1. The summed E-state index contributed by atoms with van der Waals surface area (Å²) in [6, 6.07) is 8.62. The van der Waals surface area contributed by atoms with E-state index in [1.807, 2.05) is 10.9 Å². The maximum atomic E-state index is 5.68. The maximum absolute atomic E-state index is 5.68. The molecular weight excluding hydrogens is 256 g/mol. The highest BCUT2D eigenvalue weighted by atomic mass is 32.2. The first-order valence-corrected chi connectivity index (χ1v) is 7.60. The largest absolute Gasteiger partial charge is 0.273 e. The first-order chi connectivity index (χ1) is 9.26. The van der Waals surface area contributed by atoms with Crippen molar-refractivity contribution in [2.24, 2.45) is 5.84 Å². The van der Waals surface area contributed by atoms with Crippen molar-refractivity contribution in [3.63, 3.8) is 0 Å². The molecule has 1 heterocycles. The van der Waals surface area contributed by atoms with E-state index in [0.29, 0.717) is 0 Å². The molecule has 0 saturated carbocycles. The van der Waals surface area contributed by atoms with Gasteiger partial charge in [0.15, 0.2) is 0 Å². The molecule has 0 amide bonds. The Kier molecular flexibility index (Phi) is 5.01. The van der Waals surface area contributed by atoms with Gasteiger partial charge in [-0.15, -0.1) is 11.8 Å². The minimum absolute atomic E-state index is 0.116. The number of hydrogen-bond acceptors (Lipinski definition) is 4. The minimum atomic E-state index is 0.116. The van der Waals surface area contributed by atoms with E-state index in [2.05, 4.69) is 54.2 Å². The molecule has 0 bridgehead atoms. The van der Waals surface area contributed by atoms with Crippen LogP contribution in [0.2, 0.25) is 0 Å². The molecule has 1 unspecified atom stereocenters. The topological polar surface area (TPSA) is 55.9 Å². The van der Waals surface area contributed by atoms with E-state index in [1.54, 1.807) is 11.8 Å². The van der Waals surface area contributed by atoms with Crippen molar-refractivity contribution < 1.29 is 0 Å². The van der Waals surface area contributed by atoms with Gasteiger partial charge in [-0.3, -0.25) is 16.0 Å². The SMILES string of the molecule is CCn1cc(CC(NN)c2ccc(SC)cc2)cn1. The Morgan fingerprint density at radius 2 is 2.11 bits per heavy atom. The third kappa shape index (κ3) is 3.59. The summed E-state index contributed by atoms with van der Waals surface area (Å²) in [6.07, 6.45) is 6.90. The van der Waals surface area contributed by atoms with Gasteiger partial charge in [-0.25, -0.2) is 0 Å². The Labute approximate surface area is 118 Å². The maximum Gasteiger partial charge on any atom is 0.0522 e. The van der Waals surface area contributed by atoms with Crippen LogP contribution in [-0.4, -0.2) is 16.0 Å². The summed E-state index contributed by atoms with van der Waals surface area (Å²) in [7, 11) is 0. The van der Waals surface area contributed by atoms with Crippen molar-refractivity contribution in [1.82, 2.24) is 15.2 Å². The van der Waals surface area contributed by atoms with Crippen LogP contribution < -0.4 is 11.3 Å². The number of thioether (sulfide) groups is 1. The van der Waals surface area contributed by atoms with Gasteiger partial charge in [-0.1, -0.05) is 12.1 Å². The van der Waals surface area contributed by atoms with E-state index < -0.39 is 0 Å². The standard InChI is InChI=1S/C14H20N4S/c1-3-18-10-11(9-16-18)8-14(17-15)12-4-6-13(19-2)7-5-12/h4-7,9-10,14,17H,3,8,15H2,1-2H3. The van der Waals surface area contributed by atoms with Crippen LogP contribution in [0.1, 0.15) is 24.1 Å². The van der Waals surface area contributed by atoms with Gasteiger partial charge in [-0.2, -0.15) is 5.10 Å². The zero-order chi connectivity index (χ0) is 13.7. The molecule has 5 heteroatoms. The number of nitrogens with zero attached hydrogens (tertiary/aromatic N) is 2. The van der Waals surface area contributed by atoms with Gasteiger partial charge >= 0.3 is 0 Å². The van der Waals surface area contributed by atoms with Gasteiger partial charge in [0, 0.05) is 17.6 Å². The fraction of sp³-hybridized carbons (Fsp3) is 0.357. The van der Waals surface area contributed by atoms with Crippen molar-refractivity contribution in [3.8, 4) is 0 Å². The van der Waals surface area contributed by atoms with Crippen molar-refractivity contribution in [3.05, 3.63) is 47.8 Å². The lowest BCUT2D eigenvalue weighted by molar-refractivity contribution is 0.551. The minimum Gasteiger partial charge on any atom is -0.273 e. The fourth-order valence-electron chi connectivity index (χ4n) is 2.03. The monoisotopic (exact) mass is 276 g/mol. The van der Waals surface area contributed by atoms with E-state index in [0.717, 1.165) is 13.0 Å². The van der Waals surface area contributed by atoms with Crippen LogP contribution in [0.5, 0.6) is 0 Å². The van der Waals surface area contributed by atoms with Crippen molar-refractivity contribution in [2.45, 2.75) is 30.8 Å². The molecule has 0 aliphatic heterocycles. The van der Waals surface area contributed by atoms with Gasteiger partial charge in [0.25, 0.3) is 0 Å². The molecule has 0 aliphatic carbocycles. The van der Waals surface area contributed by atoms with Crippen LogP contribution in [-0.2, 0) is 13.0 Å². The predicted octanol–water partition coefficient (Wildman–Crippen LogP) is 2.37. The molecule has 0 spiro atoms. The molecule has 2 rings (SSSR count). The molecule has 2 aromatic rings. The Hall–Kier alpha value is -1.30. The smallest absolute Gasteiger partial charge is 0.0522 e. The van der Waals surface area contributed by atoms with Crippen molar-refractivity contribution in [1.29, 1.82) is 0 Å². The summed E-state index contributed by atoms with van der Waals surface area (Å²) in [5.41, 5.74) is 5.28. The second kappa shape index (κ2) is 6.75. The summed E-state index contributed by atoms with van der Waals surface area (Å²) >= 11 is 1.74. The molecule has 19 heavy (non-hydrogen) atoms. The molecule has 1 aromatic heterocycles. The van der Waals surface area contributed by atoms with E-state index in [4.69, 9.17) is 5.84 Å². The molecule has 1 atom stereocenters. The quantitative estimate of drug-likeness (QED) is 0.483. The predicted molar refractivity (Wildman–Crippen MR) is 79.9 cm³/mol. The lowest BCUT2D eigenvalue weighted by atomic mass is 10.0. The van der Waals surface area contributed by atoms with Gasteiger partial charge in [0.1, 0.15) is 0 Å². The Morgan fingerprint density at radius 1 is 1.37 bits per heavy atom. The highest BCUT2D eigenvalue weighted by molar-refractivity contribution is 7.98. The van der Waals surface area contributed by atoms with Crippen molar-refractivity contribution in [2.75, 3.05) is 6.26 Å². The summed E-state index contributed by atoms with van der Waals surface area (Å²) in [6.45, 7) is 2.97. The molecule has 0 saturated heterocycles. The second-order valence-corrected chi connectivity index (χ2v) is 5.28. The van der Waals surface area contributed by atoms with Gasteiger partial charge < -0.3 is 0 Å². The average Bonchev–Trinajstić information content (AvgIpc) is 2.92. The first-order valence-electron chi connectivity index (χ1n) is 6.38. The fourth-order valence-corrected chi connectivity index (χ4v) is 2.44. The number of hydrazine groups is 1. The summed E-state index contributed by atoms with van der Waals surface area (Å²) < 4.78 is 1.93. The van der Waals surface area contributed by atoms with Crippen LogP contribution in [0.25, 0.3) is 0 Å². The van der Waals surface area contributed by atoms with Crippen LogP contribution in [0.4, 0.5) is 0 Å². The molecule has 3 N–H and O–H groups in total. The molecule has 4 nitrogen and oxygen atoms in total. The van der Waals surface area contributed by atoms with Gasteiger partial charge in [0.2, 0.25) is 0 Å². The summed E-state index contributed by atoms with van der Waals surface area (Å²) in [5, 5.41) is 4.29. The number of rotatable bonds is 6. The Bertz CT molecular complexity index is 506. The van der Waals surface area contributed by atoms with Crippen LogP contribution in [0.15, 0.2) is 41.6 Å². The van der Waals surface area contributed by atoms with Crippen LogP contribution in [0.3, 0.4) is 0 Å². The van der Waals surface area contributed by atoms with E-state index >= 15 is 0 Å². The third-order valence-corrected chi connectivity index (χ3v) is 3.91. The number of benzene rings is 1. The number of nitrogens with one attached hydrogen (secondary N) is 1. The first kappa shape index (κ1) is 14.1. The molecule has 0 aliphatic rings. The average molecular weight is 276 g/mol. The summed E-state index contributed by atoms with van der Waals surface area (Å²) in [5.74, 6) is 5.68. The Balaban J connectivity index is 2.10. The highest BCUT2D eigenvalue weighted by Gasteiger charge is 2.11. The summed E-state index contributed by atoms with van der Waals surface area (Å²) in [4.78, 5) is 1.26. The Morgan fingerprint density at radius 3 is 2.63 bits per heavy atom. The molecule has 0 radical (unpaired) electrons. The van der Waals surface area contributed by atoms with Crippen LogP contribution >= 0.6 is 11.8 Å². The number of aromatic nitrogens is 2. The zero-order valence-electron chi connectivity index (χ0n) is 11.3. The molecule has 102 valence electrons. The van der Waals surface area contributed by atoms with Crippen LogP contribution in [0, 0.1) is 0 Å². The van der Waals surface area contributed by atoms with Gasteiger partial charge in [0.05, 0.1) is 12.2 Å². The number of hydrogen-bond donors (Lipinski definition) is 2. The normalized spacial score (nSPS) is 12.6. The zero-order valence-corrected chi connectivity index (χ0v) is 12.2. The third-order valence-electron chi connectivity index (χ3n) is 3.17. The molecule has 1 aromatic carbocycles. The van der Waals surface area contributed by atoms with E-state index in [-0.39, 0.29) is 6.04 Å². The molecular formula is C14H20N4S. The van der Waals surface area contributed by atoms with Crippen molar-refractivity contribution >= 4 is 11.8 Å². The second-order valence-electron chi connectivity index (χ2n) is 4.40. The molecule has 0 fully saturated rings. The lowest BCUT2D eigenvalue weighted by Crippen LogP contribution is -2.29. The lowest BCUT2D eigenvalue weighted by Gasteiger charge is -2.15. The number of aryl methyl sites for hydroxylation is 1. The highest BCUT2D eigenvalue weighted by Crippen LogP contribution is 2.21. The van der Waals surface area contributed by atoms with E-state index in [9.17, 15) is 0 Å². The van der Waals surface area contributed by atoms with E-state index in [1.165, 1.54) is 16.0 Å².